The molecule has 1 aromatic carbocycles. The number of nitrogens with zero attached hydrogens (tertiary/aromatic N) is 1. The minimum absolute atomic E-state index is 0.000810. The van der Waals surface area contributed by atoms with Crippen molar-refractivity contribution in [3.63, 3.8) is 0 Å². The lowest BCUT2D eigenvalue weighted by molar-refractivity contribution is -0.384. The van der Waals surface area contributed by atoms with Crippen LogP contribution < -0.4 is 0 Å². The largest absolute Gasteiger partial charge is 0.478 e. The van der Waals surface area contributed by atoms with Crippen LogP contribution in [0.25, 0.3) is 16.2 Å². The summed E-state index contributed by atoms with van der Waals surface area (Å²) in [6.45, 7) is 0. The predicted molar refractivity (Wildman–Crippen MR) is 65.1 cm³/mol. The van der Waals surface area contributed by atoms with Gasteiger partial charge in [0.15, 0.2) is 0 Å². The van der Waals surface area contributed by atoms with Crippen molar-refractivity contribution in [3.05, 3.63) is 45.3 Å². The Labute approximate surface area is 99.8 Å². The lowest BCUT2D eigenvalue weighted by Crippen LogP contribution is -1.87. The number of non-ortho nitro benzene ring substituents is 1. The van der Waals surface area contributed by atoms with E-state index in [9.17, 15) is 14.9 Å². The number of aliphatic carboxylic acids is 1. The quantitative estimate of drug-likeness (QED) is 0.515. The van der Waals surface area contributed by atoms with Crippen molar-refractivity contribution in [2.75, 3.05) is 0 Å². The number of carbonyl (C=O) groups is 1. The molecule has 2 rings (SSSR count). The van der Waals surface area contributed by atoms with Crippen LogP contribution in [0.15, 0.2) is 29.7 Å². The van der Waals surface area contributed by atoms with E-state index in [-0.39, 0.29) is 5.69 Å². The first kappa shape index (κ1) is 11.3. The zero-order valence-electron chi connectivity index (χ0n) is 8.49. The van der Waals surface area contributed by atoms with Crippen molar-refractivity contribution in [1.82, 2.24) is 0 Å². The molecule has 0 atom stereocenters. The van der Waals surface area contributed by atoms with Gasteiger partial charge in [0.05, 0.1) is 4.92 Å². The van der Waals surface area contributed by atoms with Crippen LogP contribution in [0.5, 0.6) is 0 Å². The van der Waals surface area contributed by atoms with Gasteiger partial charge < -0.3 is 5.11 Å². The van der Waals surface area contributed by atoms with Crippen molar-refractivity contribution >= 4 is 39.2 Å². The summed E-state index contributed by atoms with van der Waals surface area (Å²) < 4.78 is 0.889. The summed E-state index contributed by atoms with van der Waals surface area (Å²) in [7, 11) is 0. The molecule has 0 amide bonds. The highest BCUT2D eigenvalue weighted by Crippen LogP contribution is 2.30. The van der Waals surface area contributed by atoms with Crippen molar-refractivity contribution in [3.8, 4) is 0 Å². The molecule has 0 aliphatic heterocycles. The maximum atomic E-state index is 10.6. The minimum atomic E-state index is -1.05. The highest BCUT2D eigenvalue weighted by Gasteiger charge is 2.09. The van der Waals surface area contributed by atoms with Gasteiger partial charge in [0.2, 0.25) is 0 Å². The van der Waals surface area contributed by atoms with Crippen LogP contribution in [-0.4, -0.2) is 16.0 Å². The summed E-state index contributed by atoms with van der Waals surface area (Å²) in [5.74, 6) is -1.05. The average molecular weight is 249 g/mol. The number of thiophene rings is 1. The molecule has 0 saturated carbocycles. The molecule has 0 spiro atoms. The minimum Gasteiger partial charge on any atom is -0.478 e. The molecule has 0 aliphatic rings. The number of nitro benzene ring substituents is 1. The SMILES string of the molecule is O=C(O)/C=C/c1csc2ccc([N+](=O)[O-])cc12. The van der Waals surface area contributed by atoms with E-state index in [1.165, 1.54) is 29.5 Å². The van der Waals surface area contributed by atoms with Gasteiger partial charge in [-0.05, 0) is 23.1 Å². The van der Waals surface area contributed by atoms with E-state index in [1.807, 2.05) is 0 Å². The molecule has 0 aliphatic carbocycles. The van der Waals surface area contributed by atoms with E-state index in [4.69, 9.17) is 5.11 Å². The zero-order valence-corrected chi connectivity index (χ0v) is 9.31. The molecule has 1 heterocycles. The number of hydrogen-bond donors (Lipinski definition) is 1. The summed E-state index contributed by atoms with van der Waals surface area (Å²) in [5.41, 5.74) is 0.678. The number of carboxylic acid groups (broad SMARTS) is 1. The van der Waals surface area contributed by atoms with Crippen molar-refractivity contribution < 1.29 is 14.8 Å². The number of hydrogen-bond acceptors (Lipinski definition) is 4. The summed E-state index contributed by atoms with van der Waals surface area (Å²) in [5, 5.41) is 21.6. The fourth-order valence-corrected chi connectivity index (χ4v) is 2.35. The predicted octanol–water partition coefficient (Wildman–Crippen LogP) is 2.91. The molecule has 0 bridgehead atoms. The smallest absolute Gasteiger partial charge is 0.328 e. The molecular weight excluding hydrogens is 242 g/mol. The molecule has 0 radical (unpaired) electrons. The summed E-state index contributed by atoms with van der Waals surface area (Å²) in [4.78, 5) is 20.6. The molecule has 0 fully saturated rings. The first-order chi connectivity index (χ1) is 8.08. The third-order valence-corrected chi connectivity index (χ3v) is 3.19. The average Bonchev–Trinajstić information content (AvgIpc) is 2.68. The van der Waals surface area contributed by atoms with E-state index < -0.39 is 10.9 Å². The zero-order chi connectivity index (χ0) is 12.4. The molecule has 1 aromatic heterocycles. The molecule has 0 unspecified atom stereocenters. The second kappa shape index (κ2) is 4.34. The lowest BCUT2D eigenvalue weighted by Gasteiger charge is -1.93. The van der Waals surface area contributed by atoms with Crippen LogP contribution in [0.1, 0.15) is 5.56 Å². The summed E-state index contributed by atoms with van der Waals surface area (Å²) >= 11 is 1.42. The van der Waals surface area contributed by atoms with Gasteiger partial charge in [-0.15, -0.1) is 11.3 Å². The second-order valence-corrected chi connectivity index (χ2v) is 4.21. The Kier molecular flexibility index (Phi) is 2.88. The van der Waals surface area contributed by atoms with Crippen molar-refractivity contribution in [1.29, 1.82) is 0 Å². The van der Waals surface area contributed by atoms with Gasteiger partial charge in [-0.2, -0.15) is 0 Å². The standard InChI is InChI=1S/C11H7NO4S/c13-11(14)4-1-7-6-17-10-3-2-8(12(15)16)5-9(7)10/h1-6H,(H,13,14)/b4-1+. The molecule has 17 heavy (non-hydrogen) atoms. The van der Waals surface area contributed by atoms with Crippen molar-refractivity contribution in [2.45, 2.75) is 0 Å². The Bertz CT molecular complexity index is 629. The first-order valence-electron chi connectivity index (χ1n) is 4.64. The molecule has 2 aromatic rings. The van der Waals surface area contributed by atoms with Crippen LogP contribution in [-0.2, 0) is 4.79 Å². The van der Waals surface area contributed by atoms with Gasteiger partial charge in [0.1, 0.15) is 0 Å². The van der Waals surface area contributed by atoms with Crippen LogP contribution in [0.2, 0.25) is 0 Å². The topological polar surface area (TPSA) is 80.4 Å². The highest BCUT2D eigenvalue weighted by atomic mass is 32.1. The van der Waals surface area contributed by atoms with E-state index in [0.717, 1.165) is 10.8 Å². The normalized spacial score (nSPS) is 11.1. The molecular formula is C11H7NO4S. The van der Waals surface area contributed by atoms with E-state index in [0.29, 0.717) is 10.9 Å². The number of nitro groups is 1. The third-order valence-electron chi connectivity index (χ3n) is 2.20. The van der Waals surface area contributed by atoms with Gasteiger partial charge in [0.25, 0.3) is 5.69 Å². The number of carboxylic acids is 1. The summed E-state index contributed by atoms with van der Waals surface area (Å²) in [6.07, 6.45) is 2.45. The number of fused-ring (bicyclic) bond motifs is 1. The Morgan fingerprint density at radius 2 is 2.24 bits per heavy atom. The molecule has 0 saturated heterocycles. The first-order valence-corrected chi connectivity index (χ1v) is 5.52. The maximum Gasteiger partial charge on any atom is 0.328 e. The van der Waals surface area contributed by atoms with Crippen LogP contribution in [0, 0.1) is 10.1 Å². The Hall–Kier alpha value is -2.21. The Morgan fingerprint density at radius 1 is 1.47 bits per heavy atom. The molecule has 6 heteroatoms. The second-order valence-electron chi connectivity index (χ2n) is 3.30. The fourth-order valence-electron chi connectivity index (χ4n) is 1.44. The highest BCUT2D eigenvalue weighted by molar-refractivity contribution is 7.17. The van der Waals surface area contributed by atoms with Crippen LogP contribution >= 0.6 is 11.3 Å². The monoisotopic (exact) mass is 249 g/mol. The van der Waals surface area contributed by atoms with Gasteiger partial charge in [-0.25, -0.2) is 4.79 Å². The van der Waals surface area contributed by atoms with Gasteiger partial charge in [-0.3, -0.25) is 10.1 Å². The van der Waals surface area contributed by atoms with E-state index in [1.54, 1.807) is 11.4 Å². The van der Waals surface area contributed by atoms with E-state index in [2.05, 4.69) is 0 Å². The fraction of sp³-hybridized carbons (Fsp3) is 0. The van der Waals surface area contributed by atoms with Gasteiger partial charge >= 0.3 is 5.97 Å². The van der Waals surface area contributed by atoms with Gasteiger partial charge in [0, 0.05) is 28.3 Å². The Balaban J connectivity index is 2.54. The lowest BCUT2D eigenvalue weighted by atomic mass is 10.1. The number of rotatable bonds is 3. The Morgan fingerprint density at radius 3 is 2.88 bits per heavy atom. The van der Waals surface area contributed by atoms with Crippen LogP contribution in [0.4, 0.5) is 5.69 Å². The van der Waals surface area contributed by atoms with E-state index >= 15 is 0 Å². The van der Waals surface area contributed by atoms with Gasteiger partial charge in [-0.1, -0.05) is 0 Å². The van der Waals surface area contributed by atoms with Crippen molar-refractivity contribution in [2.24, 2.45) is 0 Å². The molecule has 86 valence electrons. The summed E-state index contributed by atoms with van der Waals surface area (Å²) in [6, 6.07) is 4.55. The molecule has 1 N–H and O–H groups in total. The number of benzene rings is 1. The van der Waals surface area contributed by atoms with Crippen LogP contribution in [0.3, 0.4) is 0 Å². The molecule has 5 nitrogen and oxygen atoms in total. The third kappa shape index (κ3) is 2.31. The maximum absolute atomic E-state index is 10.6.